The Morgan fingerprint density at radius 2 is 1.85 bits per heavy atom. The molecule has 2 heterocycles. The molecule has 1 aliphatic rings. The average Bonchev–Trinajstić information content (AvgIpc) is 3.15. The first kappa shape index (κ1) is 29.3. The summed E-state index contributed by atoms with van der Waals surface area (Å²) in [5.74, 6) is -0.767. The van der Waals surface area contributed by atoms with Crippen molar-refractivity contribution in [2.24, 2.45) is 13.0 Å². The summed E-state index contributed by atoms with van der Waals surface area (Å²) in [6.07, 6.45) is 1.05. The van der Waals surface area contributed by atoms with E-state index in [-0.39, 0.29) is 29.8 Å². The Labute approximate surface area is 234 Å². The molecule has 2 atom stereocenters. The van der Waals surface area contributed by atoms with Gasteiger partial charge in [0, 0.05) is 30.6 Å². The number of methoxy groups -OCH3 is 1. The lowest BCUT2D eigenvalue weighted by Gasteiger charge is -2.23. The molecule has 2 N–H and O–H groups in total. The lowest BCUT2D eigenvalue weighted by Crippen LogP contribution is -2.52. The zero-order valence-electron chi connectivity index (χ0n) is 23.2. The van der Waals surface area contributed by atoms with Gasteiger partial charge in [-0.25, -0.2) is 8.42 Å². The Kier molecular flexibility index (Phi) is 8.95. The number of ether oxygens (including phenoxy) is 1. The van der Waals surface area contributed by atoms with E-state index in [9.17, 15) is 22.8 Å². The molecule has 1 aromatic heterocycles. The summed E-state index contributed by atoms with van der Waals surface area (Å²) < 4.78 is 34.5. The summed E-state index contributed by atoms with van der Waals surface area (Å²) in [5.41, 5.74) is 1.32. The Bertz CT molecular complexity index is 1510. The number of nitrogens with one attached hydrogen (secondary N) is 2. The molecule has 1 fully saturated rings. The van der Waals surface area contributed by atoms with E-state index in [1.54, 1.807) is 29.8 Å². The minimum Gasteiger partial charge on any atom is -0.497 e. The Balaban J connectivity index is 1.46. The Hall–Kier alpha value is -3.70. The van der Waals surface area contributed by atoms with Gasteiger partial charge in [-0.05, 0) is 49.4 Å². The van der Waals surface area contributed by atoms with Crippen LogP contribution in [0.1, 0.15) is 43.6 Å². The number of Topliss-reactive ketones (excluding diaryl/α,β-unsaturated/α-hetero) is 1. The summed E-state index contributed by atoms with van der Waals surface area (Å²) in [5, 5.41) is 6.56. The van der Waals surface area contributed by atoms with E-state index in [1.807, 2.05) is 38.1 Å². The fraction of sp³-hybridized carbons (Fsp3) is 0.414. The maximum Gasteiger partial charge on any atom is 0.268 e. The van der Waals surface area contributed by atoms with Gasteiger partial charge in [-0.1, -0.05) is 38.1 Å². The van der Waals surface area contributed by atoms with Crippen LogP contribution in [0.25, 0.3) is 10.9 Å². The van der Waals surface area contributed by atoms with Gasteiger partial charge in [0.25, 0.3) is 5.91 Å². The van der Waals surface area contributed by atoms with Crippen LogP contribution in [0, 0.1) is 5.92 Å². The number of ketones is 1. The van der Waals surface area contributed by atoms with Gasteiger partial charge in [0.1, 0.15) is 17.5 Å². The summed E-state index contributed by atoms with van der Waals surface area (Å²) >= 11 is 0. The number of rotatable bonds is 9. The van der Waals surface area contributed by atoms with Crippen molar-refractivity contribution < 1.29 is 27.5 Å². The Morgan fingerprint density at radius 3 is 2.55 bits per heavy atom. The van der Waals surface area contributed by atoms with E-state index >= 15 is 0 Å². The molecule has 11 heteroatoms. The first-order valence-corrected chi connectivity index (χ1v) is 14.8. The third-order valence-corrected chi connectivity index (χ3v) is 8.97. The van der Waals surface area contributed by atoms with Crippen LogP contribution in [-0.4, -0.2) is 67.2 Å². The summed E-state index contributed by atoms with van der Waals surface area (Å²) in [4.78, 5) is 39.8. The number of hydrogen-bond donors (Lipinski definition) is 2. The standard InChI is InChI=1S/C29H36N4O6S/c1-19(2)15-24(31-29(36)26-16-20-9-5-6-13-25(20)32(26)3)28(35)30-23-12-8-14-33(18-27(23)34)40(37,38)22-11-7-10-21(17-22)39-4/h5-7,9-11,13,16-17,19,23-24H,8,12,14-15,18H2,1-4H3,(H,30,35)(H,31,36)/t23?,24-/m0/s1. The number of nitrogens with zero attached hydrogens (tertiary/aromatic N) is 2. The number of para-hydroxylation sites is 1. The van der Waals surface area contributed by atoms with E-state index in [2.05, 4.69) is 10.6 Å². The molecular weight excluding hydrogens is 532 g/mol. The van der Waals surface area contributed by atoms with E-state index < -0.39 is 33.8 Å². The molecule has 1 saturated heterocycles. The first-order chi connectivity index (χ1) is 19.0. The third-order valence-electron chi connectivity index (χ3n) is 7.13. The topological polar surface area (TPSA) is 127 Å². The monoisotopic (exact) mass is 568 g/mol. The molecule has 10 nitrogen and oxygen atoms in total. The van der Waals surface area contributed by atoms with Crippen molar-refractivity contribution in [2.75, 3.05) is 20.2 Å². The molecule has 2 amide bonds. The number of fused-ring (bicyclic) bond motifs is 1. The largest absolute Gasteiger partial charge is 0.497 e. The van der Waals surface area contributed by atoms with Crippen LogP contribution < -0.4 is 15.4 Å². The molecule has 0 saturated carbocycles. The highest BCUT2D eigenvalue weighted by Crippen LogP contribution is 2.23. The second kappa shape index (κ2) is 12.2. The minimum atomic E-state index is -3.94. The maximum atomic E-state index is 13.4. The van der Waals surface area contributed by atoms with Crippen LogP contribution in [0.15, 0.2) is 59.5 Å². The van der Waals surface area contributed by atoms with Crippen LogP contribution in [-0.2, 0) is 26.7 Å². The molecule has 0 aliphatic carbocycles. The van der Waals surface area contributed by atoms with E-state index in [0.29, 0.717) is 30.7 Å². The predicted molar refractivity (Wildman–Crippen MR) is 152 cm³/mol. The van der Waals surface area contributed by atoms with Crippen molar-refractivity contribution in [3.8, 4) is 5.75 Å². The van der Waals surface area contributed by atoms with Crippen LogP contribution in [0.5, 0.6) is 5.75 Å². The van der Waals surface area contributed by atoms with E-state index in [1.165, 1.54) is 19.2 Å². The van der Waals surface area contributed by atoms with Gasteiger partial charge in [-0.2, -0.15) is 4.31 Å². The van der Waals surface area contributed by atoms with Crippen molar-refractivity contribution in [1.29, 1.82) is 0 Å². The zero-order chi connectivity index (χ0) is 29.0. The number of benzene rings is 2. The molecule has 0 radical (unpaired) electrons. The van der Waals surface area contributed by atoms with Gasteiger partial charge in [0.05, 0.1) is 24.6 Å². The maximum absolute atomic E-state index is 13.4. The van der Waals surface area contributed by atoms with Crippen molar-refractivity contribution in [1.82, 2.24) is 19.5 Å². The van der Waals surface area contributed by atoms with E-state index in [0.717, 1.165) is 15.2 Å². The fourth-order valence-corrected chi connectivity index (χ4v) is 6.46. The normalized spacial score (nSPS) is 17.4. The Morgan fingerprint density at radius 1 is 1.10 bits per heavy atom. The molecule has 40 heavy (non-hydrogen) atoms. The molecule has 1 aliphatic heterocycles. The molecule has 1 unspecified atom stereocenters. The molecule has 4 rings (SSSR count). The summed E-state index contributed by atoms with van der Waals surface area (Å²) in [7, 11) is -0.691. The number of aromatic nitrogens is 1. The number of amides is 2. The van der Waals surface area contributed by atoms with Crippen molar-refractivity contribution in [2.45, 2.75) is 50.1 Å². The van der Waals surface area contributed by atoms with Crippen molar-refractivity contribution >= 4 is 38.5 Å². The van der Waals surface area contributed by atoms with Gasteiger partial charge in [0.15, 0.2) is 5.78 Å². The van der Waals surface area contributed by atoms with Crippen LogP contribution >= 0.6 is 0 Å². The first-order valence-electron chi connectivity index (χ1n) is 13.3. The number of carbonyl (C=O) groups is 3. The van der Waals surface area contributed by atoms with Gasteiger partial charge < -0.3 is 19.9 Å². The molecule has 214 valence electrons. The summed E-state index contributed by atoms with van der Waals surface area (Å²) in [6.45, 7) is 3.68. The number of carbonyl (C=O) groups excluding carboxylic acids is 3. The molecule has 0 bridgehead atoms. The zero-order valence-corrected chi connectivity index (χ0v) is 24.0. The van der Waals surface area contributed by atoms with Gasteiger partial charge in [-0.3, -0.25) is 14.4 Å². The molecule has 0 spiro atoms. The number of hydrogen-bond acceptors (Lipinski definition) is 6. The highest BCUT2D eigenvalue weighted by atomic mass is 32.2. The van der Waals surface area contributed by atoms with Crippen LogP contribution in [0.4, 0.5) is 0 Å². The second-order valence-corrected chi connectivity index (χ2v) is 12.4. The molecular formula is C29H36N4O6S. The van der Waals surface area contributed by atoms with Crippen molar-refractivity contribution in [3.63, 3.8) is 0 Å². The average molecular weight is 569 g/mol. The molecule has 2 aromatic carbocycles. The highest BCUT2D eigenvalue weighted by Gasteiger charge is 2.34. The number of sulfonamides is 1. The quantitative estimate of drug-likeness (QED) is 0.409. The third kappa shape index (κ3) is 6.37. The van der Waals surface area contributed by atoms with Crippen LogP contribution in [0.2, 0.25) is 0 Å². The van der Waals surface area contributed by atoms with Gasteiger partial charge in [0.2, 0.25) is 15.9 Å². The predicted octanol–water partition coefficient (Wildman–Crippen LogP) is 2.87. The minimum absolute atomic E-state index is 0.0372. The fourth-order valence-electron chi connectivity index (χ4n) is 4.98. The lowest BCUT2D eigenvalue weighted by atomic mass is 10.0. The van der Waals surface area contributed by atoms with Gasteiger partial charge >= 0.3 is 0 Å². The smallest absolute Gasteiger partial charge is 0.268 e. The molecule has 3 aromatic rings. The second-order valence-electron chi connectivity index (χ2n) is 10.5. The lowest BCUT2D eigenvalue weighted by molar-refractivity contribution is -0.129. The van der Waals surface area contributed by atoms with Gasteiger partial charge in [-0.15, -0.1) is 0 Å². The van der Waals surface area contributed by atoms with Crippen molar-refractivity contribution in [3.05, 3.63) is 60.3 Å². The SMILES string of the molecule is COc1cccc(S(=O)(=O)N2CCCC(NC(=O)[C@H](CC(C)C)NC(=O)c3cc4ccccc4n3C)C(=O)C2)c1. The van der Waals surface area contributed by atoms with E-state index in [4.69, 9.17) is 4.74 Å². The highest BCUT2D eigenvalue weighted by molar-refractivity contribution is 7.89. The van der Waals surface area contributed by atoms with Crippen LogP contribution in [0.3, 0.4) is 0 Å². The number of aryl methyl sites for hydroxylation is 1. The summed E-state index contributed by atoms with van der Waals surface area (Å²) in [6, 6.07) is 13.8.